The first-order chi connectivity index (χ1) is 10.2. The van der Waals surface area contributed by atoms with Gasteiger partial charge >= 0.3 is 0 Å². The Kier molecular flexibility index (Phi) is 3.44. The summed E-state index contributed by atoms with van der Waals surface area (Å²) >= 11 is 0. The maximum Gasteiger partial charge on any atom is 0.267 e. The Hall–Kier alpha value is -2.62. The van der Waals surface area contributed by atoms with Crippen LogP contribution in [0.2, 0.25) is 0 Å². The van der Waals surface area contributed by atoms with Crippen molar-refractivity contribution in [1.29, 1.82) is 0 Å². The number of hydrogen-bond donors (Lipinski definition) is 1. The number of methoxy groups -OCH3 is 1. The molecule has 106 valence electrons. The minimum Gasteiger partial charge on any atom is -0.496 e. The van der Waals surface area contributed by atoms with Gasteiger partial charge < -0.3 is 4.74 Å². The Morgan fingerprint density at radius 2 is 2.00 bits per heavy atom. The van der Waals surface area contributed by atoms with Crippen LogP contribution in [0.25, 0.3) is 10.8 Å². The zero-order valence-corrected chi connectivity index (χ0v) is 12.0. The van der Waals surface area contributed by atoms with E-state index in [2.05, 4.69) is 22.3 Å². The number of aryl methyl sites for hydroxylation is 1. The molecular weight excluding hydrogens is 264 g/mol. The topological polar surface area (TPSA) is 55.0 Å². The molecule has 4 nitrogen and oxygen atoms in total. The molecule has 0 aliphatic carbocycles. The first-order valence-electron chi connectivity index (χ1n) is 6.79. The average Bonchev–Trinajstić information content (AvgIpc) is 2.51. The fraction of sp³-hybridized carbons (Fsp3) is 0.176. The van der Waals surface area contributed by atoms with E-state index in [4.69, 9.17) is 4.74 Å². The Balaban J connectivity index is 2.19. The molecule has 1 N–H and O–H groups in total. The number of benzene rings is 2. The van der Waals surface area contributed by atoms with E-state index in [-0.39, 0.29) is 5.56 Å². The molecule has 3 rings (SSSR count). The average molecular weight is 280 g/mol. The standard InChI is InChI=1S/C17H16N2O2/c1-11-9-13(17(20)19-18-11)10-15-14-6-4-3-5-12(14)7-8-16(15)21-2/h3-9H,10H2,1-2H3,(H,19,20). The van der Waals surface area contributed by atoms with Crippen LogP contribution in [0.3, 0.4) is 0 Å². The van der Waals surface area contributed by atoms with Crippen LogP contribution in [0.5, 0.6) is 5.75 Å². The predicted octanol–water partition coefficient (Wildman–Crippen LogP) is 2.83. The van der Waals surface area contributed by atoms with Gasteiger partial charge in [-0.05, 0) is 29.8 Å². The second-order valence-corrected chi connectivity index (χ2v) is 5.01. The van der Waals surface area contributed by atoms with Gasteiger partial charge in [0.05, 0.1) is 12.8 Å². The van der Waals surface area contributed by atoms with Gasteiger partial charge in [0.15, 0.2) is 0 Å². The normalized spacial score (nSPS) is 10.8. The van der Waals surface area contributed by atoms with Crippen LogP contribution < -0.4 is 10.3 Å². The molecule has 0 amide bonds. The molecule has 3 aromatic rings. The van der Waals surface area contributed by atoms with Crippen LogP contribution in [-0.4, -0.2) is 17.3 Å². The summed E-state index contributed by atoms with van der Waals surface area (Å²) in [4.78, 5) is 12.0. The number of aromatic amines is 1. The monoisotopic (exact) mass is 280 g/mol. The van der Waals surface area contributed by atoms with E-state index in [0.29, 0.717) is 12.0 Å². The highest BCUT2D eigenvalue weighted by atomic mass is 16.5. The number of aromatic nitrogens is 2. The fourth-order valence-electron chi connectivity index (χ4n) is 2.57. The quantitative estimate of drug-likeness (QED) is 0.802. The number of fused-ring (bicyclic) bond motifs is 1. The Bertz CT molecular complexity index is 853. The molecule has 0 spiro atoms. The molecule has 4 heteroatoms. The Labute approximate surface area is 122 Å². The number of hydrogen-bond acceptors (Lipinski definition) is 3. The lowest BCUT2D eigenvalue weighted by molar-refractivity contribution is 0.411. The van der Waals surface area contributed by atoms with Gasteiger partial charge in [-0.15, -0.1) is 0 Å². The highest BCUT2D eigenvalue weighted by Gasteiger charge is 2.11. The Morgan fingerprint density at radius 3 is 2.81 bits per heavy atom. The van der Waals surface area contributed by atoms with Crippen molar-refractivity contribution in [3.8, 4) is 5.75 Å². The smallest absolute Gasteiger partial charge is 0.267 e. The van der Waals surface area contributed by atoms with Crippen LogP contribution in [-0.2, 0) is 6.42 Å². The number of ether oxygens (including phenoxy) is 1. The summed E-state index contributed by atoms with van der Waals surface area (Å²) in [6.45, 7) is 1.86. The molecule has 0 fully saturated rings. The third-order valence-corrected chi connectivity index (χ3v) is 3.59. The summed E-state index contributed by atoms with van der Waals surface area (Å²) in [6, 6.07) is 13.9. The van der Waals surface area contributed by atoms with Gasteiger partial charge in [-0.2, -0.15) is 5.10 Å². The number of nitrogens with zero attached hydrogens (tertiary/aromatic N) is 1. The van der Waals surface area contributed by atoms with Crippen molar-refractivity contribution >= 4 is 10.8 Å². The molecule has 0 aliphatic rings. The molecule has 0 saturated heterocycles. The van der Waals surface area contributed by atoms with Crippen molar-refractivity contribution < 1.29 is 4.74 Å². The van der Waals surface area contributed by atoms with E-state index in [1.807, 2.05) is 37.3 Å². The number of nitrogens with one attached hydrogen (secondary N) is 1. The third-order valence-electron chi connectivity index (χ3n) is 3.59. The van der Waals surface area contributed by atoms with Crippen LogP contribution >= 0.6 is 0 Å². The molecule has 0 unspecified atom stereocenters. The molecule has 2 aromatic carbocycles. The van der Waals surface area contributed by atoms with Crippen molar-refractivity contribution in [2.75, 3.05) is 7.11 Å². The van der Waals surface area contributed by atoms with Crippen LogP contribution in [0.1, 0.15) is 16.8 Å². The van der Waals surface area contributed by atoms with Crippen molar-refractivity contribution in [2.45, 2.75) is 13.3 Å². The largest absolute Gasteiger partial charge is 0.496 e. The fourth-order valence-corrected chi connectivity index (χ4v) is 2.57. The van der Waals surface area contributed by atoms with Crippen LogP contribution in [0, 0.1) is 6.92 Å². The van der Waals surface area contributed by atoms with Gasteiger partial charge in [0.1, 0.15) is 5.75 Å². The summed E-state index contributed by atoms with van der Waals surface area (Å²) in [5.74, 6) is 0.794. The van der Waals surface area contributed by atoms with Crippen molar-refractivity contribution in [2.24, 2.45) is 0 Å². The summed E-state index contributed by atoms with van der Waals surface area (Å²) in [7, 11) is 1.65. The lowest BCUT2D eigenvalue weighted by Crippen LogP contribution is -2.15. The molecule has 0 bridgehead atoms. The summed E-state index contributed by atoms with van der Waals surface area (Å²) in [6.07, 6.45) is 0.517. The van der Waals surface area contributed by atoms with E-state index in [1.165, 1.54) is 0 Å². The molecule has 1 aromatic heterocycles. The minimum atomic E-state index is -0.157. The lowest BCUT2D eigenvalue weighted by Gasteiger charge is -2.12. The van der Waals surface area contributed by atoms with Gasteiger partial charge in [0.25, 0.3) is 5.56 Å². The highest BCUT2D eigenvalue weighted by molar-refractivity contribution is 5.88. The van der Waals surface area contributed by atoms with E-state index in [1.54, 1.807) is 7.11 Å². The molecular formula is C17H16N2O2. The van der Waals surface area contributed by atoms with Crippen molar-refractivity contribution in [3.05, 3.63) is 69.6 Å². The Morgan fingerprint density at radius 1 is 1.19 bits per heavy atom. The summed E-state index contributed by atoms with van der Waals surface area (Å²) in [5, 5.41) is 8.68. The first kappa shape index (κ1) is 13.4. The van der Waals surface area contributed by atoms with Crippen molar-refractivity contribution in [3.63, 3.8) is 0 Å². The maximum absolute atomic E-state index is 12.0. The predicted molar refractivity (Wildman–Crippen MR) is 82.9 cm³/mol. The van der Waals surface area contributed by atoms with Gasteiger partial charge in [-0.25, -0.2) is 5.10 Å². The summed E-state index contributed by atoms with van der Waals surface area (Å²) in [5.41, 5.74) is 2.35. The second-order valence-electron chi connectivity index (χ2n) is 5.01. The van der Waals surface area contributed by atoms with Gasteiger partial charge in [-0.3, -0.25) is 4.79 Å². The van der Waals surface area contributed by atoms with Crippen LogP contribution in [0.4, 0.5) is 0 Å². The molecule has 0 radical (unpaired) electrons. The molecule has 0 atom stereocenters. The highest BCUT2D eigenvalue weighted by Crippen LogP contribution is 2.29. The molecule has 0 saturated carbocycles. The van der Waals surface area contributed by atoms with Gasteiger partial charge in [-0.1, -0.05) is 30.3 Å². The third kappa shape index (κ3) is 2.52. The van der Waals surface area contributed by atoms with E-state index in [9.17, 15) is 4.79 Å². The number of rotatable bonds is 3. The molecule has 0 aliphatic heterocycles. The molecule has 21 heavy (non-hydrogen) atoms. The number of H-pyrrole nitrogens is 1. The zero-order chi connectivity index (χ0) is 14.8. The van der Waals surface area contributed by atoms with E-state index < -0.39 is 0 Å². The van der Waals surface area contributed by atoms with Crippen LogP contribution in [0.15, 0.2) is 47.3 Å². The summed E-state index contributed by atoms with van der Waals surface area (Å²) < 4.78 is 5.47. The minimum absolute atomic E-state index is 0.157. The van der Waals surface area contributed by atoms with Crippen molar-refractivity contribution in [1.82, 2.24) is 10.2 Å². The van der Waals surface area contributed by atoms with E-state index >= 15 is 0 Å². The zero-order valence-electron chi connectivity index (χ0n) is 12.0. The molecule has 1 heterocycles. The van der Waals surface area contributed by atoms with E-state index in [0.717, 1.165) is 27.8 Å². The van der Waals surface area contributed by atoms with Gasteiger partial charge in [0, 0.05) is 17.5 Å². The van der Waals surface area contributed by atoms with Gasteiger partial charge in [0.2, 0.25) is 0 Å². The maximum atomic E-state index is 12.0. The second kappa shape index (κ2) is 5.40. The SMILES string of the molecule is COc1ccc2ccccc2c1Cc1cc(C)n[nH]c1=O. The first-order valence-corrected chi connectivity index (χ1v) is 6.79. The lowest BCUT2D eigenvalue weighted by atomic mass is 9.98.